The van der Waals surface area contributed by atoms with Gasteiger partial charge in [0.25, 0.3) is 11.8 Å². The van der Waals surface area contributed by atoms with E-state index >= 15 is 0 Å². The van der Waals surface area contributed by atoms with E-state index in [1.165, 1.54) is 5.56 Å². The van der Waals surface area contributed by atoms with Crippen LogP contribution in [0.15, 0.2) is 42.5 Å². The Morgan fingerprint density at radius 2 is 1.66 bits per heavy atom. The molecule has 0 aromatic heterocycles. The zero-order valence-electron chi connectivity index (χ0n) is 17.4. The number of rotatable bonds is 5. The largest absolute Gasteiger partial charge is 0.481 e. The lowest BCUT2D eigenvalue weighted by Gasteiger charge is -2.36. The van der Waals surface area contributed by atoms with Crippen molar-refractivity contribution in [2.24, 2.45) is 0 Å². The number of benzene rings is 2. The number of carbonyl (C=O) groups is 2. The normalized spacial score (nSPS) is 15.1. The van der Waals surface area contributed by atoms with Crippen LogP contribution in [0.1, 0.15) is 35.3 Å². The second kappa shape index (κ2) is 8.99. The molecule has 1 aliphatic heterocycles. The Morgan fingerprint density at radius 3 is 2.28 bits per heavy atom. The van der Waals surface area contributed by atoms with Crippen molar-refractivity contribution in [1.82, 2.24) is 9.80 Å². The summed E-state index contributed by atoms with van der Waals surface area (Å²) in [4.78, 5) is 29.1. The number of ether oxygens (including phenoxy) is 1. The maximum absolute atomic E-state index is 12.8. The fourth-order valence-corrected chi connectivity index (χ4v) is 3.49. The minimum absolute atomic E-state index is 0.0396. The highest BCUT2D eigenvalue weighted by molar-refractivity contribution is 5.96. The van der Waals surface area contributed by atoms with Gasteiger partial charge in [0.15, 0.2) is 6.10 Å². The van der Waals surface area contributed by atoms with Gasteiger partial charge in [-0.15, -0.1) is 0 Å². The van der Waals surface area contributed by atoms with E-state index in [1.807, 2.05) is 37.3 Å². The van der Waals surface area contributed by atoms with Gasteiger partial charge in [-0.3, -0.25) is 9.59 Å². The zero-order valence-corrected chi connectivity index (χ0v) is 17.4. The molecule has 2 aromatic carbocycles. The Morgan fingerprint density at radius 1 is 1.03 bits per heavy atom. The lowest BCUT2D eigenvalue weighted by molar-refractivity contribution is -0.139. The molecule has 29 heavy (non-hydrogen) atoms. The Labute approximate surface area is 172 Å². The Bertz CT molecular complexity index is 871. The number of hydrogen-bond acceptors (Lipinski definition) is 4. The van der Waals surface area contributed by atoms with E-state index in [-0.39, 0.29) is 11.8 Å². The SMILES string of the molecule is CCc1ccc(OC(C)C(=O)N2CCN(C(=O)c3cc(N)ccc3C)CC2)cc1. The van der Waals surface area contributed by atoms with Crippen molar-refractivity contribution >= 4 is 17.5 Å². The van der Waals surface area contributed by atoms with Crippen LogP contribution in [0, 0.1) is 6.92 Å². The van der Waals surface area contributed by atoms with Gasteiger partial charge in [-0.25, -0.2) is 0 Å². The van der Waals surface area contributed by atoms with E-state index in [1.54, 1.807) is 28.9 Å². The summed E-state index contributed by atoms with van der Waals surface area (Å²) in [6.45, 7) is 7.75. The molecule has 0 saturated carbocycles. The highest BCUT2D eigenvalue weighted by atomic mass is 16.5. The highest BCUT2D eigenvalue weighted by Gasteiger charge is 2.28. The summed E-state index contributed by atoms with van der Waals surface area (Å²) in [5.74, 6) is 0.591. The molecule has 1 saturated heterocycles. The van der Waals surface area contributed by atoms with Crippen LogP contribution < -0.4 is 10.5 Å². The van der Waals surface area contributed by atoms with Crippen LogP contribution >= 0.6 is 0 Å². The van der Waals surface area contributed by atoms with E-state index < -0.39 is 6.10 Å². The summed E-state index contributed by atoms with van der Waals surface area (Å²) in [5, 5.41) is 0. The number of anilines is 1. The quantitative estimate of drug-likeness (QED) is 0.790. The molecule has 1 aliphatic rings. The van der Waals surface area contributed by atoms with E-state index in [0.717, 1.165) is 12.0 Å². The van der Waals surface area contributed by atoms with Gasteiger partial charge in [-0.1, -0.05) is 25.1 Å². The molecular formula is C23H29N3O3. The van der Waals surface area contributed by atoms with Crippen molar-refractivity contribution in [1.29, 1.82) is 0 Å². The van der Waals surface area contributed by atoms with Crippen molar-refractivity contribution in [3.05, 3.63) is 59.2 Å². The molecule has 1 unspecified atom stereocenters. The molecule has 154 valence electrons. The fourth-order valence-electron chi connectivity index (χ4n) is 3.49. The molecule has 6 nitrogen and oxygen atoms in total. The summed E-state index contributed by atoms with van der Waals surface area (Å²) < 4.78 is 5.82. The molecule has 1 heterocycles. The maximum atomic E-state index is 12.8. The highest BCUT2D eigenvalue weighted by Crippen LogP contribution is 2.18. The summed E-state index contributed by atoms with van der Waals surface area (Å²) in [5.41, 5.74) is 9.16. The predicted molar refractivity (Wildman–Crippen MR) is 114 cm³/mol. The molecule has 6 heteroatoms. The number of amides is 2. The van der Waals surface area contributed by atoms with E-state index in [4.69, 9.17) is 10.5 Å². The monoisotopic (exact) mass is 395 g/mol. The first kappa shape index (κ1) is 20.7. The minimum atomic E-state index is -0.569. The molecule has 0 aliphatic carbocycles. The van der Waals surface area contributed by atoms with Crippen molar-refractivity contribution in [3.8, 4) is 5.75 Å². The fraction of sp³-hybridized carbons (Fsp3) is 0.391. The van der Waals surface area contributed by atoms with Crippen LogP contribution in [-0.2, 0) is 11.2 Å². The third-order valence-corrected chi connectivity index (χ3v) is 5.36. The van der Waals surface area contributed by atoms with E-state index in [2.05, 4.69) is 6.92 Å². The molecule has 3 rings (SSSR count). The van der Waals surface area contributed by atoms with Gasteiger partial charge in [0.05, 0.1) is 0 Å². The molecule has 0 spiro atoms. The Balaban J connectivity index is 1.55. The van der Waals surface area contributed by atoms with Crippen LogP contribution in [-0.4, -0.2) is 53.9 Å². The lowest BCUT2D eigenvalue weighted by Crippen LogP contribution is -2.53. The second-order valence-electron chi connectivity index (χ2n) is 7.45. The van der Waals surface area contributed by atoms with Crippen molar-refractivity contribution in [3.63, 3.8) is 0 Å². The third-order valence-electron chi connectivity index (χ3n) is 5.36. The number of aryl methyl sites for hydroxylation is 2. The molecule has 2 N–H and O–H groups in total. The first-order valence-corrected chi connectivity index (χ1v) is 10.1. The summed E-state index contributed by atoms with van der Waals surface area (Å²) >= 11 is 0. The van der Waals surface area contributed by atoms with Crippen LogP contribution in [0.5, 0.6) is 5.75 Å². The van der Waals surface area contributed by atoms with E-state index in [0.29, 0.717) is 43.2 Å². The first-order chi connectivity index (χ1) is 13.9. The molecule has 0 bridgehead atoms. The second-order valence-corrected chi connectivity index (χ2v) is 7.45. The van der Waals surface area contributed by atoms with Crippen molar-refractivity contribution in [2.45, 2.75) is 33.3 Å². The number of nitrogens with zero attached hydrogens (tertiary/aromatic N) is 2. The first-order valence-electron chi connectivity index (χ1n) is 10.1. The van der Waals surface area contributed by atoms with Gasteiger partial charge in [-0.05, 0) is 55.7 Å². The maximum Gasteiger partial charge on any atom is 0.263 e. The molecular weight excluding hydrogens is 366 g/mol. The lowest BCUT2D eigenvalue weighted by atomic mass is 10.1. The van der Waals surface area contributed by atoms with Gasteiger partial charge in [0.1, 0.15) is 5.75 Å². The predicted octanol–water partition coefficient (Wildman–Crippen LogP) is 2.89. The van der Waals surface area contributed by atoms with Gasteiger partial charge in [0, 0.05) is 37.4 Å². The number of carbonyl (C=O) groups excluding carboxylic acids is 2. The van der Waals surface area contributed by atoms with Crippen LogP contribution in [0.25, 0.3) is 0 Å². The molecule has 0 radical (unpaired) electrons. The third kappa shape index (κ3) is 4.88. The standard InChI is InChI=1S/C23H29N3O3/c1-4-18-6-9-20(10-7-18)29-17(3)22(27)25-11-13-26(14-12-25)23(28)21-15-19(24)8-5-16(21)2/h5-10,15,17H,4,11-14,24H2,1-3H3. The van der Waals surface area contributed by atoms with Crippen molar-refractivity contribution in [2.75, 3.05) is 31.9 Å². The number of nitrogens with two attached hydrogens (primary N) is 1. The minimum Gasteiger partial charge on any atom is -0.481 e. The molecule has 2 aromatic rings. The van der Waals surface area contributed by atoms with Crippen LogP contribution in [0.3, 0.4) is 0 Å². The average molecular weight is 396 g/mol. The topological polar surface area (TPSA) is 75.9 Å². The summed E-state index contributed by atoms with van der Waals surface area (Å²) in [6, 6.07) is 13.2. The average Bonchev–Trinajstić information content (AvgIpc) is 2.75. The van der Waals surface area contributed by atoms with Gasteiger partial charge in [0.2, 0.25) is 0 Å². The Hall–Kier alpha value is -3.02. The number of hydrogen-bond donors (Lipinski definition) is 1. The van der Waals surface area contributed by atoms with Gasteiger partial charge in [-0.2, -0.15) is 0 Å². The van der Waals surface area contributed by atoms with Crippen LogP contribution in [0.4, 0.5) is 5.69 Å². The van der Waals surface area contributed by atoms with Gasteiger partial charge >= 0.3 is 0 Å². The number of nitrogen functional groups attached to an aromatic ring is 1. The summed E-state index contributed by atoms with van der Waals surface area (Å²) in [7, 11) is 0. The number of piperazine rings is 1. The molecule has 2 amide bonds. The molecule has 1 atom stereocenters. The zero-order chi connectivity index (χ0) is 21.0. The smallest absolute Gasteiger partial charge is 0.263 e. The Kier molecular flexibility index (Phi) is 6.42. The summed E-state index contributed by atoms with van der Waals surface area (Å²) in [6.07, 6.45) is 0.397. The van der Waals surface area contributed by atoms with Crippen LogP contribution in [0.2, 0.25) is 0 Å². The van der Waals surface area contributed by atoms with E-state index in [9.17, 15) is 9.59 Å². The van der Waals surface area contributed by atoms with Crippen molar-refractivity contribution < 1.29 is 14.3 Å². The van der Waals surface area contributed by atoms with Gasteiger partial charge < -0.3 is 20.3 Å². The molecule has 1 fully saturated rings.